The normalized spacial score (nSPS) is 20.2. The van der Waals surface area contributed by atoms with Gasteiger partial charge in [-0.15, -0.1) is 0 Å². The molecule has 1 N–H and O–H groups in total. The summed E-state index contributed by atoms with van der Waals surface area (Å²) in [5, 5.41) is -0.0187. The third-order valence-corrected chi connectivity index (χ3v) is 5.51. The highest BCUT2D eigenvalue weighted by atomic mass is 35.5. The fourth-order valence-electron chi connectivity index (χ4n) is 2.56. The van der Waals surface area contributed by atoms with Crippen LogP contribution in [-0.4, -0.2) is 39.5 Å². The van der Waals surface area contributed by atoms with Gasteiger partial charge in [-0.25, -0.2) is 4.39 Å². The van der Waals surface area contributed by atoms with E-state index in [1.54, 1.807) is 13.2 Å². The van der Waals surface area contributed by atoms with Gasteiger partial charge in [0.25, 0.3) is 10.2 Å². The van der Waals surface area contributed by atoms with Crippen molar-refractivity contribution in [1.82, 2.24) is 9.03 Å². The van der Waals surface area contributed by atoms with Gasteiger partial charge in [0.05, 0.1) is 11.6 Å². The Hall–Kier alpha value is -0.730. The Labute approximate surface area is 135 Å². The van der Waals surface area contributed by atoms with E-state index in [0.717, 1.165) is 12.8 Å². The largest absolute Gasteiger partial charge is 0.384 e. The summed E-state index contributed by atoms with van der Waals surface area (Å²) in [5.74, 6) is -0.402. The lowest BCUT2D eigenvalue weighted by molar-refractivity contribution is 0.118. The third-order valence-electron chi connectivity index (χ3n) is 3.70. The van der Waals surface area contributed by atoms with Gasteiger partial charge in [-0.2, -0.15) is 17.4 Å². The zero-order chi connectivity index (χ0) is 16.2. The van der Waals surface area contributed by atoms with Crippen LogP contribution in [0.1, 0.15) is 18.4 Å². The quantitative estimate of drug-likeness (QED) is 0.855. The molecule has 1 saturated heterocycles. The zero-order valence-electron chi connectivity index (χ0n) is 12.4. The third kappa shape index (κ3) is 4.39. The van der Waals surface area contributed by atoms with Gasteiger partial charge in [0, 0.05) is 32.3 Å². The van der Waals surface area contributed by atoms with Gasteiger partial charge in [0.2, 0.25) is 0 Å². The second-order valence-corrected chi connectivity index (χ2v) is 7.52. The maximum Gasteiger partial charge on any atom is 0.279 e. The zero-order valence-corrected chi connectivity index (χ0v) is 14.0. The molecule has 124 valence electrons. The topological polar surface area (TPSA) is 58.6 Å². The molecule has 1 aromatic rings. The summed E-state index contributed by atoms with van der Waals surface area (Å²) in [7, 11) is -2.04. The van der Waals surface area contributed by atoms with Crippen molar-refractivity contribution in [3.8, 4) is 0 Å². The molecule has 8 heteroatoms. The van der Waals surface area contributed by atoms with Crippen LogP contribution in [0.5, 0.6) is 0 Å². The Morgan fingerprint density at radius 1 is 1.50 bits per heavy atom. The Morgan fingerprint density at radius 2 is 2.27 bits per heavy atom. The van der Waals surface area contributed by atoms with Crippen LogP contribution in [0.25, 0.3) is 0 Å². The van der Waals surface area contributed by atoms with Gasteiger partial charge in [-0.1, -0.05) is 23.7 Å². The van der Waals surface area contributed by atoms with E-state index in [2.05, 4.69) is 4.72 Å². The lowest BCUT2D eigenvalue weighted by atomic mass is 10.0. The molecule has 0 bridgehead atoms. The molecule has 0 saturated carbocycles. The van der Waals surface area contributed by atoms with E-state index < -0.39 is 16.0 Å². The lowest BCUT2D eigenvalue weighted by Gasteiger charge is -2.31. The minimum atomic E-state index is -3.64. The van der Waals surface area contributed by atoms with Crippen molar-refractivity contribution >= 4 is 21.8 Å². The predicted molar refractivity (Wildman–Crippen MR) is 83.3 cm³/mol. The van der Waals surface area contributed by atoms with Crippen molar-refractivity contribution in [2.75, 3.05) is 26.8 Å². The molecule has 1 atom stereocenters. The van der Waals surface area contributed by atoms with Crippen molar-refractivity contribution in [2.24, 2.45) is 5.92 Å². The van der Waals surface area contributed by atoms with Gasteiger partial charge < -0.3 is 4.74 Å². The molecule has 1 aromatic carbocycles. The summed E-state index contributed by atoms with van der Waals surface area (Å²) in [6.45, 7) is 1.30. The minimum Gasteiger partial charge on any atom is -0.384 e. The van der Waals surface area contributed by atoms with Crippen molar-refractivity contribution in [1.29, 1.82) is 0 Å². The Bertz CT molecular complexity index is 610. The fraction of sp³-hybridized carbons (Fsp3) is 0.571. The average molecular weight is 351 g/mol. The van der Waals surface area contributed by atoms with Crippen LogP contribution in [0.4, 0.5) is 4.39 Å². The van der Waals surface area contributed by atoms with E-state index in [4.69, 9.17) is 16.3 Å². The van der Waals surface area contributed by atoms with Crippen LogP contribution in [0.3, 0.4) is 0 Å². The first kappa shape index (κ1) is 17.6. The summed E-state index contributed by atoms with van der Waals surface area (Å²) >= 11 is 5.69. The van der Waals surface area contributed by atoms with E-state index in [1.807, 2.05) is 0 Å². The standard InChI is InChI=1S/C14H20ClFN2O3S/c1-21-10-11-4-3-7-18(9-11)22(19,20)17-8-12-5-2-6-13(15)14(12)16/h2,5-6,11,17H,3-4,7-10H2,1H3. The first-order chi connectivity index (χ1) is 10.4. The molecule has 0 aromatic heterocycles. The van der Waals surface area contributed by atoms with Gasteiger partial charge in [-0.05, 0) is 24.8 Å². The molecule has 1 heterocycles. The fourth-order valence-corrected chi connectivity index (χ4v) is 4.05. The molecule has 5 nitrogen and oxygen atoms in total. The van der Waals surface area contributed by atoms with Crippen LogP contribution in [0.2, 0.25) is 5.02 Å². The van der Waals surface area contributed by atoms with Crippen molar-refractivity contribution in [3.63, 3.8) is 0 Å². The van der Waals surface area contributed by atoms with Gasteiger partial charge in [0.15, 0.2) is 0 Å². The van der Waals surface area contributed by atoms with Crippen LogP contribution in [0.15, 0.2) is 18.2 Å². The Balaban J connectivity index is 2.00. The number of hydrogen-bond donors (Lipinski definition) is 1. The number of benzene rings is 1. The second-order valence-electron chi connectivity index (χ2n) is 5.36. The van der Waals surface area contributed by atoms with E-state index in [-0.39, 0.29) is 23.0 Å². The van der Waals surface area contributed by atoms with E-state index >= 15 is 0 Å². The number of nitrogens with one attached hydrogen (secondary N) is 1. The van der Waals surface area contributed by atoms with Gasteiger partial charge in [0.1, 0.15) is 5.82 Å². The summed E-state index contributed by atoms with van der Waals surface area (Å²) in [6, 6.07) is 4.52. The number of ether oxygens (including phenoxy) is 1. The van der Waals surface area contributed by atoms with Crippen LogP contribution in [-0.2, 0) is 21.5 Å². The highest BCUT2D eigenvalue weighted by Crippen LogP contribution is 2.20. The summed E-state index contributed by atoms with van der Waals surface area (Å²) in [6.07, 6.45) is 1.74. The Kier molecular flexibility index (Phi) is 6.17. The first-order valence-electron chi connectivity index (χ1n) is 7.10. The molecule has 22 heavy (non-hydrogen) atoms. The minimum absolute atomic E-state index is 0.0187. The molecule has 0 aliphatic carbocycles. The summed E-state index contributed by atoms with van der Waals surface area (Å²) < 4.78 is 47.4. The maximum atomic E-state index is 13.8. The van der Waals surface area contributed by atoms with Crippen LogP contribution < -0.4 is 4.72 Å². The second kappa shape index (κ2) is 7.70. The first-order valence-corrected chi connectivity index (χ1v) is 8.92. The SMILES string of the molecule is COCC1CCCN(S(=O)(=O)NCc2cccc(Cl)c2F)C1. The lowest BCUT2D eigenvalue weighted by Crippen LogP contribution is -2.46. The van der Waals surface area contributed by atoms with Crippen molar-refractivity contribution in [3.05, 3.63) is 34.6 Å². The van der Waals surface area contributed by atoms with Crippen LogP contribution >= 0.6 is 11.6 Å². The maximum absolute atomic E-state index is 13.8. The smallest absolute Gasteiger partial charge is 0.279 e. The Morgan fingerprint density at radius 3 is 3.00 bits per heavy atom. The van der Waals surface area contributed by atoms with Crippen molar-refractivity contribution in [2.45, 2.75) is 19.4 Å². The predicted octanol–water partition coefficient (Wildman–Crippen LogP) is 2.17. The number of methoxy groups -OCH3 is 1. The highest BCUT2D eigenvalue weighted by molar-refractivity contribution is 7.87. The van der Waals surface area contributed by atoms with Crippen LogP contribution in [0, 0.1) is 11.7 Å². The summed E-state index contributed by atoms with van der Waals surface area (Å²) in [4.78, 5) is 0. The molecular weight excluding hydrogens is 331 g/mol. The van der Waals surface area contributed by atoms with Gasteiger partial charge in [-0.3, -0.25) is 0 Å². The number of halogens is 2. The highest BCUT2D eigenvalue weighted by Gasteiger charge is 2.28. The molecule has 0 amide bonds. The van der Waals surface area contributed by atoms with Gasteiger partial charge >= 0.3 is 0 Å². The molecule has 1 aliphatic heterocycles. The van der Waals surface area contributed by atoms with Crippen molar-refractivity contribution < 1.29 is 17.5 Å². The van der Waals surface area contributed by atoms with E-state index in [0.29, 0.717) is 19.7 Å². The molecule has 0 radical (unpaired) electrons. The average Bonchev–Trinajstić information content (AvgIpc) is 2.49. The number of hydrogen-bond acceptors (Lipinski definition) is 3. The molecular formula is C14H20ClFN2O3S. The number of piperidine rings is 1. The monoisotopic (exact) mass is 350 g/mol. The molecule has 2 rings (SSSR count). The van der Waals surface area contributed by atoms with E-state index in [9.17, 15) is 12.8 Å². The molecule has 0 spiro atoms. The number of rotatable bonds is 6. The number of nitrogens with zero attached hydrogens (tertiary/aromatic N) is 1. The van der Waals surface area contributed by atoms with E-state index in [1.165, 1.54) is 16.4 Å². The molecule has 1 fully saturated rings. The summed E-state index contributed by atoms with van der Waals surface area (Å²) in [5.41, 5.74) is 0.224. The molecule has 1 unspecified atom stereocenters. The molecule has 1 aliphatic rings.